The normalized spacial score (nSPS) is 18.3. The summed E-state index contributed by atoms with van der Waals surface area (Å²) in [6.07, 6.45) is -0.347. The predicted molar refractivity (Wildman–Crippen MR) is 70.9 cm³/mol. The van der Waals surface area contributed by atoms with Crippen LogP contribution in [0.4, 0.5) is 0 Å². The summed E-state index contributed by atoms with van der Waals surface area (Å²) < 4.78 is 8.78. The molecule has 5 nitrogen and oxygen atoms in total. The summed E-state index contributed by atoms with van der Waals surface area (Å²) in [5.41, 5.74) is 2.03. The number of thioether (sulfide) groups is 1. The van der Waals surface area contributed by atoms with Gasteiger partial charge in [-0.05, 0) is 23.9 Å². The molecule has 0 saturated carbocycles. The van der Waals surface area contributed by atoms with Gasteiger partial charge in [0.25, 0.3) is 0 Å². The average Bonchev–Trinajstić information content (AvgIpc) is 2.73. The summed E-state index contributed by atoms with van der Waals surface area (Å²) in [5, 5.41) is 10.8. The molecule has 0 unspecified atom stereocenters. The van der Waals surface area contributed by atoms with E-state index in [9.17, 15) is 9.90 Å². The maximum absolute atomic E-state index is 11.6. The van der Waals surface area contributed by atoms with E-state index in [1.165, 1.54) is 7.11 Å². The van der Waals surface area contributed by atoms with Crippen molar-refractivity contribution in [1.29, 1.82) is 0 Å². The van der Waals surface area contributed by atoms with Crippen LogP contribution in [0.3, 0.4) is 0 Å². The molecule has 0 amide bonds. The van der Waals surface area contributed by atoms with Crippen molar-refractivity contribution < 1.29 is 19.2 Å². The van der Waals surface area contributed by atoms with E-state index in [-0.39, 0.29) is 18.6 Å². The van der Waals surface area contributed by atoms with Gasteiger partial charge in [-0.2, -0.15) is 0 Å². The van der Waals surface area contributed by atoms with Crippen LogP contribution in [0.2, 0.25) is 0 Å². The molecule has 2 heterocycles. The quantitative estimate of drug-likeness (QED) is 0.645. The Bertz CT molecular complexity index is 638. The molecule has 1 atom stereocenters. The molecule has 1 aromatic carbocycles. The summed E-state index contributed by atoms with van der Waals surface area (Å²) >= 11 is 1.57. The van der Waals surface area contributed by atoms with E-state index in [2.05, 4.69) is 4.57 Å². The first kappa shape index (κ1) is 12.5. The molecular weight excluding hydrogens is 264 g/mol. The second kappa shape index (κ2) is 4.86. The van der Waals surface area contributed by atoms with Gasteiger partial charge in [0, 0.05) is 5.75 Å². The average molecular weight is 279 g/mol. The Hall–Kier alpha value is -1.53. The number of nitrogens with zero attached hydrogens (tertiary/aromatic N) is 2. The summed E-state index contributed by atoms with van der Waals surface area (Å²) in [6.45, 7) is 0.763. The minimum Gasteiger partial charge on any atom is -0.466 e. The summed E-state index contributed by atoms with van der Waals surface area (Å²) in [4.78, 5) is 11.6. The van der Waals surface area contributed by atoms with Crippen molar-refractivity contribution in [3.8, 4) is 0 Å². The van der Waals surface area contributed by atoms with Crippen LogP contribution in [0.1, 0.15) is 0 Å². The third-order valence-electron chi connectivity index (χ3n) is 3.24. The number of hydrogen-bond donors (Lipinski definition) is 1. The van der Waals surface area contributed by atoms with Crippen LogP contribution in [0.5, 0.6) is 0 Å². The number of imidazole rings is 1. The molecule has 0 saturated heterocycles. The Kier molecular flexibility index (Phi) is 3.20. The van der Waals surface area contributed by atoms with Crippen LogP contribution in [-0.2, 0) is 22.6 Å². The van der Waals surface area contributed by atoms with Crippen molar-refractivity contribution in [3.05, 3.63) is 24.3 Å². The molecular formula is C13H15N2O3S+. The van der Waals surface area contributed by atoms with Gasteiger partial charge in [0.2, 0.25) is 0 Å². The van der Waals surface area contributed by atoms with Gasteiger partial charge in [0.15, 0.2) is 17.6 Å². The molecule has 6 heteroatoms. The molecule has 3 rings (SSSR count). The van der Waals surface area contributed by atoms with E-state index in [4.69, 9.17) is 4.74 Å². The lowest BCUT2D eigenvalue weighted by Crippen LogP contribution is -2.45. The number of carbonyl (C=O) groups is 1. The number of aromatic nitrogens is 2. The van der Waals surface area contributed by atoms with Crippen molar-refractivity contribution in [3.63, 3.8) is 0 Å². The largest absolute Gasteiger partial charge is 0.466 e. The second-order valence-electron chi connectivity index (χ2n) is 4.51. The number of methoxy groups -OCH3 is 1. The molecule has 1 aromatic heterocycles. The first-order valence-electron chi connectivity index (χ1n) is 6.09. The minimum absolute atomic E-state index is 0.197. The van der Waals surface area contributed by atoms with Crippen LogP contribution in [0.25, 0.3) is 11.0 Å². The number of aliphatic hydroxyl groups is 1. The van der Waals surface area contributed by atoms with Crippen molar-refractivity contribution in [1.82, 2.24) is 4.57 Å². The van der Waals surface area contributed by atoms with Gasteiger partial charge >= 0.3 is 11.1 Å². The number of esters is 1. The topological polar surface area (TPSA) is 55.3 Å². The lowest BCUT2D eigenvalue weighted by molar-refractivity contribution is -0.717. The van der Waals surface area contributed by atoms with Crippen LogP contribution in [0.15, 0.2) is 29.4 Å². The fraction of sp³-hybridized carbons (Fsp3) is 0.385. The highest BCUT2D eigenvalue weighted by molar-refractivity contribution is 7.99. The summed E-state index contributed by atoms with van der Waals surface area (Å²) in [7, 11) is 1.39. The molecule has 19 heavy (non-hydrogen) atoms. The SMILES string of the molecule is COC(=O)Cn1c2[n+](c3ccccc31)C[C@@H](O)CS2. The van der Waals surface area contributed by atoms with Gasteiger partial charge < -0.3 is 9.84 Å². The van der Waals surface area contributed by atoms with Crippen molar-refractivity contribution in [2.75, 3.05) is 12.9 Å². The van der Waals surface area contributed by atoms with Gasteiger partial charge in [0.05, 0.1) is 7.11 Å². The highest BCUT2D eigenvalue weighted by atomic mass is 32.2. The zero-order chi connectivity index (χ0) is 13.4. The Morgan fingerprint density at radius 3 is 3.16 bits per heavy atom. The standard InChI is InChI=1S/C13H15N2O3S/c1-18-12(17)7-15-11-5-3-2-4-10(11)14-6-9(16)8-19-13(14)15/h2-5,9,16H,6-8H2,1H3/q+1/t9-/m1/s1. The molecule has 1 N–H and O–H groups in total. The van der Waals surface area contributed by atoms with E-state index < -0.39 is 0 Å². The number of hydrogen-bond acceptors (Lipinski definition) is 4. The van der Waals surface area contributed by atoms with Gasteiger partial charge in [-0.15, -0.1) is 0 Å². The number of benzene rings is 1. The van der Waals surface area contributed by atoms with Crippen LogP contribution >= 0.6 is 11.8 Å². The summed E-state index contributed by atoms with van der Waals surface area (Å²) in [6, 6.07) is 7.90. The number of para-hydroxylation sites is 2. The molecule has 1 aliphatic rings. The van der Waals surface area contributed by atoms with Crippen LogP contribution < -0.4 is 4.57 Å². The second-order valence-corrected chi connectivity index (χ2v) is 5.50. The smallest absolute Gasteiger partial charge is 0.348 e. The van der Waals surface area contributed by atoms with Crippen LogP contribution in [0, 0.1) is 0 Å². The fourth-order valence-electron chi connectivity index (χ4n) is 2.39. The van der Waals surface area contributed by atoms with Gasteiger partial charge in [-0.1, -0.05) is 12.1 Å². The third-order valence-corrected chi connectivity index (χ3v) is 4.49. The van der Waals surface area contributed by atoms with E-state index in [0.717, 1.165) is 16.2 Å². The highest BCUT2D eigenvalue weighted by Crippen LogP contribution is 2.26. The molecule has 0 aliphatic carbocycles. The molecule has 0 spiro atoms. The first-order valence-corrected chi connectivity index (χ1v) is 7.08. The van der Waals surface area contributed by atoms with E-state index in [0.29, 0.717) is 12.3 Å². The molecule has 1 aliphatic heterocycles. The first-order chi connectivity index (χ1) is 9.20. The van der Waals surface area contributed by atoms with E-state index >= 15 is 0 Å². The van der Waals surface area contributed by atoms with Crippen LogP contribution in [-0.4, -0.2) is 34.6 Å². The lowest BCUT2D eigenvalue weighted by Gasteiger charge is -2.14. The maximum atomic E-state index is 11.6. The Balaban J connectivity index is 2.17. The number of rotatable bonds is 2. The van der Waals surface area contributed by atoms with Crippen molar-refractivity contribution in [2.24, 2.45) is 0 Å². The molecule has 2 aromatic rings. The number of fused-ring (bicyclic) bond motifs is 3. The number of ether oxygens (including phenoxy) is 1. The minimum atomic E-state index is -0.347. The fourth-order valence-corrected chi connectivity index (χ4v) is 3.48. The molecule has 0 radical (unpaired) electrons. The van der Waals surface area contributed by atoms with Gasteiger partial charge in [-0.3, -0.25) is 0 Å². The predicted octanol–water partition coefficient (Wildman–Crippen LogP) is 0.568. The summed E-state index contributed by atoms with van der Waals surface area (Å²) in [5.74, 6) is 0.383. The Labute approximate surface area is 114 Å². The molecule has 0 bridgehead atoms. The number of aliphatic hydroxyl groups excluding tert-OH is 1. The van der Waals surface area contributed by atoms with Gasteiger partial charge in [-0.25, -0.2) is 13.9 Å². The van der Waals surface area contributed by atoms with E-state index in [1.807, 2.05) is 28.8 Å². The number of carbonyl (C=O) groups excluding carboxylic acids is 1. The Morgan fingerprint density at radius 2 is 2.37 bits per heavy atom. The van der Waals surface area contributed by atoms with E-state index in [1.54, 1.807) is 11.8 Å². The zero-order valence-corrected chi connectivity index (χ0v) is 11.4. The zero-order valence-electron chi connectivity index (χ0n) is 10.6. The highest BCUT2D eigenvalue weighted by Gasteiger charge is 2.32. The van der Waals surface area contributed by atoms with Crippen molar-refractivity contribution >= 4 is 28.8 Å². The van der Waals surface area contributed by atoms with Gasteiger partial charge in [0.1, 0.15) is 12.6 Å². The maximum Gasteiger partial charge on any atom is 0.348 e. The van der Waals surface area contributed by atoms with Crippen molar-refractivity contribution in [2.45, 2.75) is 24.3 Å². The lowest BCUT2D eigenvalue weighted by atomic mass is 10.3. The molecule has 0 fully saturated rings. The Morgan fingerprint density at radius 1 is 1.58 bits per heavy atom. The third kappa shape index (κ3) is 2.11. The molecule has 100 valence electrons. The monoisotopic (exact) mass is 279 g/mol.